The largest absolute Gasteiger partial charge is 0.360 e. The number of hydrazine groups is 1. The molecule has 0 aliphatic carbocycles. The molecule has 128 valence electrons. The zero-order valence-corrected chi connectivity index (χ0v) is 16.6. The molecule has 5 nitrogen and oxygen atoms in total. The van der Waals surface area contributed by atoms with E-state index >= 15 is 0 Å². The summed E-state index contributed by atoms with van der Waals surface area (Å²) >= 11 is 12.6. The molecule has 0 atom stereocenters. The number of carbonyl (C=O) groups is 2. The maximum atomic E-state index is 12.3. The van der Waals surface area contributed by atoms with Gasteiger partial charge in [-0.2, -0.15) is 0 Å². The number of hydrogen-bond donors (Lipinski definition) is 3. The van der Waals surface area contributed by atoms with Gasteiger partial charge in [0, 0.05) is 31.1 Å². The first-order valence-electron chi connectivity index (χ1n) is 7.24. The van der Waals surface area contributed by atoms with Gasteiger partial charge in [-0.05, 0) is 61.7 Å². The van der Waals surface area contributed by atoms with Crippen molar-refractivity contribution in [1.29, 1.82) is 0 Å². The number of amides is 2. The molecule has 0 saturated heterocycles. The summed E-state index contributed by atoms with van der Waals surface area (Å²) in [5.74, 6) is -0.718. The summed E-state index contributed by atoms with van der Waals surface area (Å²) in [5, 5.41) is 1.36. The van der Waals surface area contributed by atoms with Crippen molar-refractivity contribution in [3.05, 3.63) is 67.7 Å². The number of H-pyrrole nitrogens is 1. The van der Waals surface area contributed by atoms with Gasteiger partial charge in [0.2, 0.25) is 5.91 Å². The summed E-state index contributed by atoms with van der Waals surface area (Å²) in [6.45, 7) is 0. The van der Waals surface area contributed by atoms with E-state index in [1.807, 2.05) is 12.1 Å². The average Bonchev–Trinajstić information content (AvgIpc) is 2.98. The minimum absolute atomic E-state index is 0.143. The second-order valence-corrected chi connectivity index (χ2v) is 7.46. The van der Waals surface area contributed by atoms with Crippen LogP contribution in [0, 0.1) is 0 Å². The molecule has 3 rings (SSSR count). The lowest BCUT2D eigenvalue weighted by Crippen LogP contribution is -2.42. The molecule has 25 heavy (non-hydrogen) atoms. The van der Waals surface area contributed by atoms with Crippen LogP contribution in [0.1, 0.15) is 15.9 Å². The van der Waals surface area contributed by atoms with Crippen molar-refractivity contribution >= 4 is 66.2 Å². The molecule has 1 heterocycles. The van der Waals surface area contributed by atoms with E-state index in [1.165, 1.54) is 0 Å². The molecule has 1 aromatic heterocycles. The van der Waals surface area contributed by atoms with Crippen LogP contribution in [-0.4, -0.2) is 16.8 Å². The predicted molar refractivity (Wildman–Crippen MR) is 104 cm³/mol. The number of carbonyl (C=O) groups excluding carboxylic acids is 2. The summed E-state index contributed by atoms with van der Waals surface area (Å²) < 4.78 is 1.71. The van der Waals surface area contributed by atoms with Crippen LogP contribution in [0.3, 0.4) is 0 Å². The lowest BCUT2D eigenvalue weighted by atomic mass is 10.1. The molecule has 0 unspecified atom stereocenters. The zero-order valence-electron chi connectivity index (χ0n) is 12.7. The van der Waals surface area contributed by atoms with Gasteiger partial charge in [-0.25, -0.2) is 0 Å². The molecule has 0 bridgehead atoms. The molecule has 8 heteroatoms. The van der Waals surface area contributed by atoms with E-state index in [4.69, 9.17) is 11.6 Å². The first kappa shape index (κ1) is 18.0. The molecular weight excluding hydrogens is 473 g/mol. The van der Waals surface area contributed by atoms with Crippen molar-refractivity contribution < 1.29 is 9.59 Å². The molecule has 2 amide bonds. The summed E-state index contributed by atoms with van der Waals surface area (Å²) in [6.07, 6.45) is 1.74. The van der Waals surface area contributed by atoms with Crippen LogP contribution >= 0.6 is 43.5 Å². The van der Waals surface area contributed by atoms with Gasteiger partial charge in [0.1, 0.15) is 0 Å². The van der Waals surface area contributed by atoms with Crippen LogP contribution in [-0.2, 0) is 11.2 Å². The van der Waals surface area contributed by atoms with Crippen molar-refractivity contribution in [2.45, 2.75) is 6.42 Å². The number of halogens is 3. The Labute approximate surface area is 165 Å². The standard InChI is InChI=1S/C17H12Br2ClN3O2/c18-13-6-11-12(8-21-15(11)7-14(13)19)17(25)23-22-16(24)5-9-1-3-10(20)4-2-9/h1-4,6-8,21H,5H2,(H,22,24)(H,23,25). The van der Waals surface area contributed by atoms with Gasteiger partial charge in [0.05, 0.1) is 12.0 Å². The van der Waals surface area contributed by atoms with Gasteiger partial charge in [-0.3, -0.25) is 20.4 Å². The van der Waals surface area contributed by atoms with E-state index in [-0.39, 0.29) is 12.3 Å². The molecule has 0 aliphatic rings. The summed E-state index contributed by atoms with van der Waals surface area (Å²) in [7, 11) is 0. The third-order valence-electron chi connectivity index (χ3n) is 3.56. The van der Waals surface area contributed by atoms with Crippen LogP contribution in [0.15, 0.2) is 51.5 Å². The van der Waals surface area contributed by atoms with Crippen LogP contribution in [0.5, 0.6) is 0 Å². The van der Waals surface area contributed by atoms with E-state index in [0.717, 1.165) is 25.4 Å². The molecule has 0 aliphatic heterocycles. The maximum Gasteiger partial charge on any atom is 0.271 e. The Kier molecular flexibility index (Phi) is 5.46. The molecule has 0 radical (unpaired) electrons. The van der Waals surface area contributed by atoms with Gasteiger partial charge in [-0.15, -0.1) is 0 Å². The van der Waals surface area contributed by atoms with Gasteiger partial charge in [0.15, 0.2) is 0 Å². The molecule has 0 saturated carbocycles. The zero-order chi connectivity index (χ0) is 18.0. The SMILES string of the molecule is O=C(Cc1ccc(Cl)cc1)NNC(=O)c1c[nH]c2cc(Br)c(Br)cc12. The number of benzene rings is 2. The number of hydrogen-bond acceptors (Lipinski definition) is 2. The highest BCUT2D eigenvalue weighted by atomic mass is 79.9. The Morgan fingerprint density at radius 2 is 1.72 bits per heavy atom. The van der Waals surface area contributed by atoms with Crippen LogP contribution in [0.25, 0.3) is 10.9 Å². The highest BCUT2D eigenvalue weighted by Crippen LogP contribution is 2.29. The van der Waals surface area contributed by atoms with Crippen LogP contribution < -0.4 is 10.9 Å². The molecule has 0 fully saturated rings. The molecular formula is C17H12Br2ClN3O2. The van der Waals surface area contributed by atoms with Crippen LogP contribution in [0.2, 0.25) is 5.02 Å². The Morgan fingerprint density at radius 3 is 2.44 bits per heavy atom. The molecule has 3 aromatic rings. The van der Waals surface area contributed by atoms with Gasteiger partial charge in [-0.1, -0.05) is 23.7 Å². The second-order valence-electron chi connectivity index (χ2n) is 5.32. The van der Waals surface area contributed by atoms with E-state index in [9.17, 15) is 9.59 Å². The fraction of sp³-hybridized carbons (Fsp3) is 0.0588. The monoisotopic (exact) mass is 483 g/mol. The topological polar surface area (TPSA) is 74.0 Å². The number of nitrogens with one attached hydrogen (secondary N) is 3. The normalized spacial score (nSPS) is 10.7. The van der Waals surface area contributed by atoms with E-state index in [1.54, 1.807) is 30.5 Å². The van der Waals surface area contributed by atoms with E-state index in [0.29, 0.717) is 10.6 Å². The third-order valence-corrected chi connectivity index (χ3v) is 5.66. The highest BCUT2D eigenvalue weighted by molar-refractivity contribution is 9.13. The Balaban J connectivity index is 1.65. The van der Waals surface area contributed by atoms with Crippen molar-refractivity contribution in [3.8, 4) is 0 Å². The van der Waals surface area contributed by atoms with Gasteiger partial charge >= 0.3 is 0 Å². The minimum atomic E-state index is -0.398. The molecule has 0 spiro atoms. The van der Waals surface area contributed by atoms with Crippen molar-refractivity contribution in [2.75, 3.05) is 0 Å². The van der Waals surface area contributed by atoms with E-state index in [2.05, 4.69) is 47.7 Å². The summed E-state index contributed by atoms with van der Waals surface area (Å²) in [4.78, 5) is 27.3. The van der Waals surface area contributed by atoms with Gasteiger partial charge < -0.3 is 4.98 Å². The van der Waals surface area contributed by atoms with Crippen molar-refractivity contribution in [1.82, 2.24) is 15.8 Å². The number of aromatic amines is 1. The minimum Gasteiger partial charge on any atom is -0.360 e. The highest BCUT2D eigenvalue weighted by Gasteiger charge is 2.14. The lowest BCUT2D eigenvalue weighted by molar-refractivity contribution is -0.121. The Morgan fingerprint density at radius 1 is 1.04 bits per heavy atom. The van der Waals surface area contributed by atoms with Crippen molar-refractivity contribution in [3.63, 3.8) is 0 Å². The summed E-state index contributed by atoms with van der Waals surface area (Å²) in [6, 6.07) is 10.7. The number of aromatic nitrogens is 1. The average molecular weight is 486 g/mol. The smallest absolute Gasteiger partial charge is 0.271 e. The lowest BCUT2D eigenvalue weighted by Gasteiger charge is -2.07. The molecule has 2 aromatic carbocycles. The predicted octanol–water partition coefficient (Wildman–Crippen LogP) is 4.35. The fourth-order valence-corrected chi connectivity index (χ4v) is 3.14. The maximum absolute atomic E-state index is 12.3. The Bertz CT molecular complexity index is 954. The first-order valence-corrected chi connectivity index (χ1v) is 9.20. The number of rotatable bonds is 3. The first-order chi connectivity index (χ1) is 11.9. The summed E-state index contributed by atoms with van der Waals surface area (Å²) in [5.41, 5.74) is 6.90. The van der Waals surface area contributed by atoms with Gasteiger partial charge in [0.25, 0.3) is 5.91 Å². The number of fused-ring (bicyclic) bond motifs is 1. The fourth-order valence-electron chi connectivity index (χ4n) is 2.33. The molecule has 3 N–H and O–H groups in total. The van der Waals surface area contributed by atoms with E-state index < -0.39 is 5.91 Å². The third kappa shape index (κ3) is 4.23. The Hall–Kier alpha value is -1.83. The van der Waals surface area contributed by atoms with Crippen LogP contribution in [0.4, 0.5) is 0 Å². The quantitative estimate of drug-likeness (QED) is 0.483. The van der Waals surface area contributed by atoms with Crippen molar-refractivity contribution in [2.24, 2.45) is 0 Å². The second kappa shape index (κ2) is 7.59.